The molecule has 5 heteroatoms. The third-order valence-electron chi connectivity index (χ3n) is 4.50. The van der Waals surface area contributed by atoms with Crippen LogP contribution in [-0.2, 0) is 11.3 Å². The molecule has 4 nitrogen and oxygen atoms in total. The first-order chi connectivity index (χ1) is 12.6. The lowest BCUT2D eigenvalue weighted by Crippen LogP contribution is -2.33. The summed E-state index contributed by atoms with van der Waals surface area (Å²) in [6.45, 7) is 0.754. The molecule has 0 bridgehead atoms. The predicted octanol–water partition coefficient (Wildman–Crippen LogP) is 3.53. The molecule has 3 rings (SSSR count). The van der Waals surface area contributed by atoms with Crippen LogP contribution in [0.25, 0.3) is 0 Å². The predicted molar refractivity (Wildman–Crippen MR) is 98.0 cm³/mol. The number of halogens is 1. The number of nitrogens with one attached hydrogen (secondary N) is 1. The molecule has 1 N–H and O–H groups in total. The van der Waals surface area contributed by atoms with Crippen LogP contribution in [-0.4, -0.2) is 29.3 Å². The molecule has 0 aromatic heterocycles. The molecule has 136 valence electrons. The third-order valence-corrected chi connectivity index (χ3v) is 4.50. The Morgan fingerprint density at radius 2 is 1.73 bits per heavy atom. The summed E-state index contributed by atoms with van der Waals surface area (Å²) in [6, 6.07) is 15.8. The van der Waals surface area contributed by atoms with Crippen LogP contribution in [0.4, 0.5) is 4.39 Å². The zero-order chi connectivity index (χ0) is 18.4. The van der Waals surface area contributed by atoms with Crippen molar-refractivity contribution in [3.8, 4) is 0 Å². The highest BCUT2D eigenvalue weighted by Crippen LogP contribution is 2.29. The lowest BCUT2D eigenvalue weighted by Gasteiger charge is -2.23. The maximum Gasteiger partial charge on any atom is 0.251 e. The van der Waals surface area contributed by atoms with Gasteiger partial charge in [0.25, 0.3) is 5.91 Å². The Bertz CT molecular complexity index is 760. The number of amides is 2. The first-order valence-corrected chi connectivity index (χ1v) is 9.01. The molecule has 0 saturated heterocycles. The average molecular weight is 354 g/mol. The first-order valence-electron chi connectivity index (χ1n) is 9.01. The normalized spacial score (nSPS) is 13.3. The van der Waals surface area contributed by atoms with Crippen LogP contribution in [0.5, 0.6) is 0 Å². The zero-order valence-corrected chi connectivity index (χ0v) is 14.7. The van der Waals surface area contributed by atoms with Crippen molar-refractivity contribution in [2.45, 2.75) is 38.3 Å². The molecular weight excluding hydrogens is 331 g/mol. The summed E-state index contributed by atoms with van der Waals surface area (Å²) in [5, 5.41) is 2.83. The van der Waals surface area contributed by atoms with E-state index in [-0.39, 0.29) is 23.7 Å². The Morgan fingerprint density at radius 3 is 2.42 bits per heavy atom. The Kier molecular flexibility index (Phi) is 6.00. The van der Waals surface area contributed by atoms with Gasteiger partial charge >= 0.3 is 0 Å². The van der Waals surface area contributed by atoms with Crippen molar-refractivity contribution >= 4 is 11.8 Å². The van der Waals surface area contributed by atoms with Crippen molar-refractivity contribution in [1.82, 2.24) is 10.2 Å². The average Bonchev–Trinajstić information content (AvgIpc) is 3.50. The largest absolute Gasteiger partial charge is 0.352 e. The quantitative estimate of drug-likeness (QED) is 0.738. The number of hydrogen-bond acceptors (Lipinski definition) is 2. The van der Waals surface area contributed by atoms with E-state index in [2.05, 4.69) is 5.32 Å². The van der Waals surface area contributed by atoms with Gasteiger partial charge in [0.15, 0.2) is 0 Å². The molecule has 0 heterocycles. The first kappa shape index (κ1) is 18.1. The SMILES string of the molecule is O=C(NCCCC(=O)N(Cc1ccccc1F)C1CC1)c1ccccc1. The van der Waals surface area contributed by atoms with E-state index in [1.165, 1.54) is 6.07 Å². The minimum Gasteiger partial charge on any atom is -0.352 e. The van der Waals surface area contributed by atoms with Gasteiger partial charge in [0.1, 0.15) is 5.82 Å². The van der Waals surface area contributed by atoms with E-state index in [0.29, 0.717) is 37.1 Å². The van der Waals surface area contributed by atoms with Crippen LogP contribution in [0.3, 0.4) is 0 Å². The van der Waals surface area contributed by atoms with Crippen LogP contribution in [0.1, 0.15) is 41.6 Å². The van der Waals surface area contributed by atoms with E-state index in [0.717, 1.165) is 12.8 Å². The van der Waals surface area contributed by atoms with Gasteiger partial charge in [-0.25, -0.2) is 4.39 Å². The minimum absolute atomic E-state index is 0.0183. The standard InChI is InChI=1S/C21H23FN2O2/c22-19-10-5-4-9-17(19)15-24(18-12-13-18)20(25)11-6-14-23-21(26)16-7-2-1-3-8-16/h1-5,7-10,18H,6,11-15H2,(H,23,26). The number of hydrogen-bond donors (Lipinski definition) is 1. The van der Waals surface area contributed by atoms with Crippen molar-refractivity contribution < 1.29 is 14.0 Å². The molecule has 1 aliphatic carbocycles. The molecule has 1 aliphatic rings. The zero-order valence-electron chi connectivity index (χ0n) is 14.7. The summed E-state index contributed by atoms with van der Waals surface area (Å²) in [7, 11) is 0. The maximum atomic E-state index is 13.9. The van der Waals surface area contributed by atoms with Gasteiger partial charge in [0.05, 0.1) is 0 Å². The minimum atomic E-state index is -0.277. The fourth-order valence-corrected chi connectivity index (χ4v) is 2.89. The van der Waals surface area contributed by atoms with Gasteiger partial charge in [0.2, 0.25) is 5.91 Å². The van der Waals surface area contributed by atoms with Crippen molar-refractivity contribution in [2.75, 3.05) is 6.54 Å². The Labute approximate surface area is 153 Å². The van der Waals surface area contributed by atoms with Crippen LogP contribution in [0, 0.1) is 5.82 Å². The van der Waals surface area contributed by atoms with E-state index in [9.17, 15) is 14.0 Å². The van der Waals surface area contributed by atoms with Crippen LogP contribution >= 0.6 is 0 Å². The van der Waals surface area contributed by atoms with Gasteiger partial charge in [-0.2, -0.15) is 0 Å². The highest BCUT2D eigenvalue weighted by atomic mass is 19.1. The van der Waals surface area contributed by atoms with Crippen molar-refractivity contribution in [1.29, 1.82) is 0 Å². The van der Waals surface area contributed by atoms with Crippen LogP contribution in [0.15, 0.2) is 54.6 Å². The smallest absolute Gasteiger partial charge is 0.251 e. The number of nitrogens with zero attached hydrogens (tertiary/aromatic N) is 1. The van der Waals surface area contributed by atoms with Crippen molar-refractivity contribution in [3.63, 3.8) is 0 Å². The summed E-state index contributed by atoms with van der Waals surface area (Å²) >= 11 is 0. The summed E-state index contributed by atoms with van der Waals surface area (Å²) in [5.74, 6) is -0.394. The van der Waals surface area contributed by atoms with Gasteiger partial charge in [-0.1, -0.05) is 36.4 Å². The fraction of sp³-hybridized carbons (Fsp3) is 0.333. The molecule has 1 saturated carbocycles. The molecule has 0 atom stereocenters. The highest BCUT2D eigenvalue weighted by molar-refractivity contribution is 5.94. The molecule has 1 fully saturated rings. The number of benzene rings is 2. The molecule has 0 spiro atoms. The summed E-state index contributed by atoms with van der Waals surface area (Å²) in [4.78, 5) is 26.3. The molecule has 2 amide bonds. The number of carbonyl (C=O) groups excluding carboxylic acids is 2. The van der Waals surface area contributed by atoms with Gasteiger partial charge in [-0.05, 0) is 37.5 Å². The van der Waals surface area contributed by atoms with E-state index in [1.807, 2.05) is 18.2 Å². The number of carbonyl (C=O) groups is 2. The summed E-state index contributed by atoms with van der Waals surface area (Å²) < 4.78 is 13.9. The van der Waals surface area contributed by atoms with E-state index >= 15 is 0 Å². The summed E-state index contributed by atoms with van der Waals surface area (Å²) in [5.41, 5.74) is 1.16. The van der Waals surface area contributed by atoms with Gasteiger partial charge in [-0.3, -0.25) is 9.59 Å². The van der Waals surface area contributed by atoms with Gasteiger partial charge < -0.3 is 10.2 Å². The molecule has 2 aromatic carbocycles. The Balaban J connectivity index is 1.47. The Morgan fingerprint density at radius 1 is 1.04 bits per heavy atom. The lowest BCUT2D eigenvalue weighted by atomic mass is 10.1. The molecule has 26 heavy (non-hydrogen) atoms. The third kappa shape index (κ3) is 4.91. The number of rotatable bonds is 8. The highest BCUT2D eigenvalue weighted by Gasteiger charge is 2.32. The fourth-order valence-electron chi connectivity index (χ4n) is 2.89. The Hall–Kier alpha value is -2.69. The molecular formula is C21H23FN2O2. The topological polar surface area (TPSA) is 49.4 Å². The van der Waals surface area contributed by atoms with Crippen LogP contribution < -0.4 is 5.32 Å². The second-order valence-corrected chi connectivity index (χ2v) is 6.57. The van der Waals surface area contributed by atoms with E-state index in [4.69, 9.17) is 0 Å². The van der Waals surface area contributed by atoms with Gasteiger partial charge in [0, 0.05) is 36.7 Å². The second-order valence-electron chi connectivity index (χ2n) is 6.57. The van der Waals surface area contributed by atoms with E-state index < -0.39 is 0 Å². The van der Waals surface area contributed by atoms with Crippen LogP contribution in [0.2, 0.25) is 0 Å². The summed E-state index contributed by atoms with van der Waals surface area (Å²) in [6.07, 6.45) is 2.87. The monoisotopic (exact) mass is 354 g/mol. The molecule has 0 unspecified atom stereocenters. The molecule has 0 aliphatic heterocycles. The molecule has 0 radical (unpaired) electrons. The van der Waals surface area contributed by atoms with E-state index in [1.54, 1.807) is 35.2 Å². The molecule has 2 aromatic rings. The van der Waals surface area contributed by atoms with Crippen molar-refractivity contribution in [3.05, 3.63) is 71.5 Å². The maximum absolute atomic E-state index is 13.9. The van der Waals surface area contributed by atoms with Gasteiger partial charge in [-0.15, -0.1) is 0 Å². The second kappa shape index (κ2) is 8.61. The van der Waals surface area contributed by atoms with Crippen molar-refractivity contribution in [2.24, 2.45) is 0 Å². The lowest BCUT2D eigenvalue weighted by molar-refractivity contribution is -0.132.